The van der Waals surface area contributed by atoms with Crippen LogP contribution >= 0.6 is 27.5 Å². The first kappa shape index (κ1) is 16.0. The third-order valence-corrected chi connectivity index (χ3v) is 4.18. The number of carbonyl (C=O) groups is 1. The quantitative estimate of drug-likeness (QED) is 0.844. The molecule has 0 atom stereocenters. The summed E-state index contributed by atoms with van der Waals surface area (Å²) in [4.78, 5) is 12.5. The second-order valence-electron chi connectivity index (χ2n) is 4.77. The van der Waals surface area contributed by atoms with Gasteiger partial charge in [-0.1, -0.05) is 11.6 Å². The van der Waals surface area contributed by atoms with E-state index < -0.39 is 0 Å². The maximum atomic E-state index is 12.5. The molecular formula is C16H13BrClNO4. The van der Waals surface area contributed by atoms with E-state index in [1.165, 1.54) is 7.11 Å². The number of hydrogen-bond acceptors (Lipinski definition) is 4. The number of anilines is 1. The average Bonchev–Trinajstić information content (AvgIpc) is 2.55. The van der Waals surface area contributed by atoms with E-state index in [1.807, 2.05) is 0 Å². The van der Waals surface area contributed by atoms with Gasteiger partial charge in [0.1, 0.15) is 19.0 Å². The molecule has 0 fully saturated rings. The molecule has 2 aromatic rings. The molecule has 23 heavy (non-hydrogen) atoms. The summed E-state index contributed by atoms with van der Waals surface area (Å²) in [5.74, 6) is 1.34. The molecular weight excluding hydrogens is 386 g/mol. The van der Waals surface area contributed by atoms with Gasteiger partial charge in [0.15, 0.2) is 11.5 Å². The molecule has 0 aliphatic carbocycles. The molecule has 0 saturated carbocycles. The summed E-state index contributed by atoms with van der Waals surface area (Å²) in [6.45, 7) is 0.981. The lowest BCUT2D eigenvalue weighted by molar-refractivity contribution is 0.102. The number of nitrogens with one attached hydrogen (secondary N) is 1. The van der Waals surface area contributed by atoms with E-state index in [0.29, 0.717) is 51.2 Å². The summed E-state index contributed by atoms with van der Waals surface area (Å²) < 4.78 is 16.9. The Morgan fingerprint density at radius 2 is 1.91 bits per heavy atom. The fourth-order valence-electron chi connectivity index (χ4n) is 2.21. The highest BCUT2D eigenvalue weighted by Crippen LogP contribution is 2.38. The summed E-state index contributed by atoms with van der Waals surface area (Å²) in [5.41, 5.74) is 0.920. The molecule has 3 rings (SSSR count). The van der Waals surface area contributed by atoms with Gasteiger partial charge in [-0.25, -0.2) is 0 Å². The first-order valence-electron chi connectivity index (χ1n) is 6.82. The lowest BCUT2D eigenvalue weighted by Gasteiger charge is -2.20. The van der Waals surface area contributed by atoms with Crippen LogP contribution in [0.4, 0.5) is 5.69 Å². The number of rotatable bonds is 3. The summed E-state index contributed by atoms with van der Waals surface area (Å²) >= 11 is 9.38. The summed E-state index contributed by atoms with van der Waals surface area (Å²) in [5, 5.41) is 3.27. The van der Waals surface area contributed by atoms with Crippen molar-refractivity contribution in [3.8, 4) is 17.2 Å². The van der Waals surface area contributed by atoms with Crippen LogP contribution in [-0.4, -0.2) is 26.2 Å². The summed E-state index contributed by atoms with van der Waals surface area (Å²) in [6, 6.07) is 8.35. The molecule has 7 heteroatoms. The minimum absolute atomic E-state index is 0.332. The first-order chi connectivity index (χ1) is 11.1. The summed E-state index contributed by atoms with van der Waals surface area (Å²) in [7, 11) is 1.50. The molecule has 120 valence electrons. The molecule has 1 amide bonds. The highest BCUT2D eigenvalue weighted by molar-refractivity contribution is 9.10. The number of ether oxygens (including phenoxy) is 3. The Morgan fingerprint density at radius 3 is 2.61 bits per heavy atom. The van der Waals surface area contributed by atoms with Gasteiger partial charge in [-0.3, -0.25) is 4.79 Å². The van der Waals surface area contributed by atoms with Crippen LogP contribution in [0.15, 0.2) is 34.8 Å². The van der Waals surface area contributed by atoms with Crippen LogP contribution in [0.1, 0.15) is 10.4 Å². The predicted molar refractivity (Wildman–Crippen MR) is 91.1 cm³/mol. The van der Waals surface area contributed by atoms with Crippen molar-refractivity contribution in [1.29, 1.82) is 0 Å². The van der Waals surface area contributed by atoms with Crippen molar-refractivity contribution in [3.05, 3.63) is 45.4 Å². The number of halogens is 2. The Balaban J connectivity index is 1.90. The van der Waals surface area contributed by atoms with Crippen molar-refractivity contribution in [1.82, 2.24) is 0 Å². The predicted octanol–water partition coefficient (Wildman–Crippen LogP) is 4.13. The molecule has 1 heterocycles. The Hall–Kier alpha value is -1.92. The van der Waals surface area contributed by atoms with Gasteiger partial charge in [0, 0.05) is 21.6 Å². The van der Waals surface area contributed by atoms with Gasteiger partial charge in [0.25, 0.3) is 5.91 Å². The number of methoxy groups -OCH3 is 1. The van der Waals surface area contributed by atoms with E-state index >= 15 is 0 Å². The lowest BCUT2D eigenvalue weighted by atomic mass is 10.1. The van der Waals surface area contributed by atoms with Gasteiger partial charge in [0.2, 0.25) is 0 Å². The Labute approximate surface area is 146 Å². The molecule has 0 unspecified atom stereocenters. The summed E-state index contributed by atoms with van der Waals surface area (Å²) in [6.07, 6.45) is 0. The second kappa shape index (κ2) is 6.68. The first-order valence-corrected chi connectivity index (χ1v) is 7.99. The highest BCUT2D eigenvalue weighted by atomic mass is 79.9. The standard InChI is InChI=1S/C16H13BrClNO4/c1-21-13-3-2-9(18)6-10(13)16(20)19-12-8-15-14(7-11(12)17)22-4-5-23-15/h2-3,6-8H,4-5H2,1H3,(H,19,20). The van der Waals surface area contributed by atoms with Crippen LogP contribution in [0.5, 0.6) is 17.2 Å². The average molecular weight is 399 g/mol. The number of carbonyl (C=O) groups excluding carboxylic acids is 1. The maximum absolute atomic E-state index is 12.5. The highest BCUT2D eigenvalue weighted by Gasteiger charge is 2.18. The molecule has 0 spiro atoms. The zero-order valence-corrected chi connectivity index (χ0v) is 14.5. The molecule has 1 aliphatic rings. The van der Waals surface area contributed by atoms with Crippen molar-refractivity contribution in [2.45, 2.75) is 0 Å². The van der Waals surface area contributed by atoms with Gasteiger partial charge in [-0.15, -0.1) is 0 Å². The van der Waals surface area contributed by atoms with Crippen LogP contribution < -0.4 is 19.5 Å². The van der Waals surface area contributed by atoms with E-state index in [-0.39, 0.29) is 5.91 Å². The molecule has 1 aliphatic heterocycles. The van der Waals surface area contributed by atoms with Gasteiger partial charge in [-0.05, 0) is 34.1 Å². The van der Waals surface area contributed by atoms with Crippen LogP contribution in [-0.2, 0) is 0 Å². The molecule has 0 saturated heterocycles. The zero-order valence-electron chi connectivity index (χ0n) is 12.2. The number of amides is 1. The van der Waals surface area contributed by atoms with Crippen LogP contribution in [0.25, 0.3) is 0 Å². The van der Waals surface area contributed by atoms with Crippen molar-refractivity contribution in [3.63, 3.8) is 0 Å². The maximum Gasteiger partial charge on any atom is 0.259 e. The largest absolute Gasteiger partial charge is 0.496 e. The van der Waals surface area contributed by atoms with Crippen molar-refractivity contribution >= 4 is 39.1 Å². The second-order valence-corrected chi connectivity index (χ2v) is 6.07. The van der Waals surface area contributed by atoms with Crippen molar-refractivity contribution in [2.24, 2.45) is 0 Å². The molecule has 1 N–H and O–H groups in total. The number of hydrogen-bond donors (Lipinski definition) is 1. The molecule has 0 aromatic heterocycles. The third-order valence-electron chi connectivity index (χ3n) is 3.29. The van der Waals surface area contributed by atoms with Crippen molar-refractivity contribution < 1.29 is 19.0 Å². The van der Waals surface area contributed by atoms with Crippen LogP contribution in [0, 0.1) is 0 Å². The smallest absolute Gasteiger partial charge is 0.259 e. The Bertz CT molecular complexity index is 766. The fourth-order valence-corrected chi connectivity index (χ4v) is 2.80. The van der Waals surface area contributed by atoms with Gasteiger partial charge < -0.3 is 19.5 Å². The van der Waals surface area contributed by atoms with Gasteiger partial charge in [-0.2, -0.15) is 0 Å². The molecule has 0 bridgehead atoms. The minimum atomic E-state index is -0.332. The van der Waals surface area contributed by atoms with Crippen LogP contribution in [0.2, 0.25) is 5.02 Å². The van der Waals surface area contributed by atoms with Crippen LogP contribution in [0.3, 0.4) is 0 Å². The van der Waals surface area contributed by atoms with Crippen molar-refractivity contribution in [2.75, 3.05) is 25.6 Å². The van der Waals surface area contributed by atoms with Gasteiger partial charge >= 0.3 is 0 Å². The fraction of sp³-hybridized carbons (Fsp3) is 0.188. The lowest BCUT2D eigenvalue weighted by Crippen LogP contribution is -2.17. The minimum Gasteiger partial charge on any atom is -0.496 e. The van der Waals surface area contributed by atoms with E-state index in [9.17, 15) is 4.79 Å². The zero-order chi connectivity index (χ0) is 16.4. The number of benzene rings is 2. The molecule has 0 radical (unpaired) electrons. The Morgan fingerprint density at radius 1 is 1.22 bits per heavy atom. The van der Waals surface area contributed by atoms with E-state index in [2.05, 4.69) is 21.2 Å². The Kier molecular flexibility index (Phi) is 4.63. The van der Waals surface area contributed by atoms with Gasteiger partial charge in [0.05, 0.1) is 18.4 Å². The normalized spacial score (nSPS) is 12.7. The SMILES string of the molecule is COc1ccc(Cl)cc1C(=O)Nc1cc2c(cc1Br)OCCO2. The van der Waals surface area contributed by atoms with E-state index in [1.54, 1.807) is 30.3 Å². The molecule has 5 nitrogen and oxygen atoms in total. The van der Waals surface area contributed by atoms with E-state index in [4.69, 9.17) is 25.8 Å². The monoisotopic (exact) mass is 397 g/mol. The number of fused-ring (bicyclic) bond motifs is 1. The third kappa shape index (κ3) is 3.38. The van der Waals surface area contributed by atoms with E-state index in [0.717, 1.165) is 0 Å². The molecule has 2 aromatic carbocycles. The topological polar surface area (TPSA) is 56.8 Å².